The summed E-state index contributed by atoms with van der Waals surface area (Å²) in [4.78, 5) is -0.696. The van der Waals surface area contributed by atoms with Crippen molar-refractivity contribution in [3.05, 3.63) is 88.5 Å². The van der Waals surface area contributed by atoms with E-state index in [1.807, 2.05) is 24.3 Å². The normalized spacial score (nSPS) is 15.1. The molecule has 1 heterocycles. The summed E-state index contributed by atoms with van der Waals surface area (Å²) in [6.45, 7) is 2.69. The molecule has 3 aromatic carbocycles. The Morgan fingerprint density at radius 1 is 0.917 bits per heavy atom. The van der Waals surface area contributed by atoms with Gasteiger partial charge in [0.05, 0.1) is 12.6 Å². The summed E-state index contributed by atoms with van der Waals surface area (Å²) in [7, 11) is -9.16. The smallest absolute Gasteiger partial charge is 1.00 e. The van der Waals surface area contributed by atoms with Crippen LogP contribution in [0.25, 0.3) is 12.2 Å². The van der Waals surface area contributed by atoms with Crippen LogP contribution in [0, 0.1) is 0 Å². The zero-order valence-electron chi connectivity index (χ0n) is 22.2. The molecule has 4 rings (SSSR count). The van der Waals surface area contributed by atoms with Crippen molar-refractivity contribution >= 4 is 32.4 Å². The van der Waals surface area contributed by atoms with Gasteiger partial charge in [-0.2, -0.15) is 16.8 Å². The van der Waals surface area contributed by atoms with Gasteiger partial charge in [0.1, 0.15) is 15.5 Å². The maximum Gasteiger partial charge on any atom is 1.00 e. The first-order chi connectivity index (χ1) is 16.1. The number of fused-ring (bicyclic) bond motifs is 1. The molecule has 0 bridgehead atoms. The van der Waals surface area contributed by atoms with Gasteiger partial charge in [0.25, 0.3) is 20.2 Å². The van der Waals surface area contributed by atoms with E-state index in [4.69, 9.17) is 4.74 Å². The van der Waals surface area contributed by atoms with Crippen LogP contribution >= 0.6 is 0 Å². The largest absolute Gasteiger partial charge is 1.00 e. The average Bonchev–Trinajstić information content (AvgIpc) is 3.21. The van der Waals surface area contributed by atoms with Gasteiger partial charge in [0, 0.05) is 12.6 Å². The Bertz CT molecular complexity index is 1500. The van der Waals surface area contributed by atoms with E-state index < -0.39 is 20.2 Å². The fourth-order valence-electron chi connectivity index (χ4n) is 4.00. The molecular formula is C24H25NNa2O7S2. The van der Waals surface area contributed by atoms with E-state index in [9.17, 15) is 25.9 Å². The molecule has 0 fully saturated rings. The Morgan fingerprint density at radius 2 is 1.50 bits per heavy atom. The van der Waals surface area contributed by atoms with Crippen molar-refractivity contribution in [2.75, 3.05) is 6.61 Å². The van der Waals surface area contributed by atoms with Gasteiger partial charge in [0.2, 0.25) is 0 Å². The Kier molecular flexibility index (Phi) is 11.0. The van der Waals surface area contributed by atoms with Crippen molar-refractivity contribution in [2.45, 2.75) is 29.3 Å². The topological polar surface area (TPSA) is 130 Å². The minimum Gasteiger partial charge on any atom is -1.00 e. The molecule has 0 amide bonds. The molecule has 1 unspecified atom stereocenters. The predicted molar refractivity (Wildman–Crippen MR) is 130 cm³/mol. The van der Waals surface area contributed by atoms with Crippen molar-refractivity contribution in [2.24, 2.45) is 0 Å². The Hall–Kier alpha value is -1.02. The molecular weight excluding hydrogens is 524 g/mol. The third-order valence-electron chi connectivity index (χ3n) is 5.53. The number of hydrogen-bond acceptors (Lipinski definition) is 6. The van der Waals surface area contributed by atoms with Crippen LogP contribution in [0.3, 0.4) is 0 Å². The van der Waals surface area contributed by atoms with Gasteiger partial charge in [-0.1, -0.05) is 48.6 Å². The summed E-state index contributed by atoms with van der Waals surface area (Å²) in [6.07, 6.45) is 2.72. The first-order valence-electron chi connectivity index (χ1n) is 10.4. The molecule has 0 aliphatic carbocycles. The number of hydrogen-bond donors (Lipinski definition) is 3. The fraction of sp³-hybridized carbons (Fsp3) is 0.167. The monoisotopic (exact) mass is 549 g/mol. The van der Waals surface area contributed by atoms with Crippen LogP contribution < -0.4 is 69.2 Å². The van der Waals surface area contributed by atoms with E-state index in [0.717, 1.165) is 11.1 Å². The van der Waals surface area contributed by atoms with E-state index in [1.54, 1.807) is 19.1 Å². The average molecular weight is 550 g/mol. The summed E-state index contributed by atoms with van der Waals surface area (Å²) < 4.78 is 72.9. The maximum atomic E-state index is 12.2. The fourth-order valence-corrected chi connectivity index (χ4v) is 5.42. The third-order valence-corrected chi connectivity index (χ3v) is 7.35. The Morgan fingerprint density at radius 3 is 2.11 bits per heavy atom. The van der Waals surface area contributed by atoms with Crippen molar-refractivity contribution in [1.82, 2.24) is 5.32 Å². The van der Waals surface area contributed by atoms with E-state index >= 15 is 0 Å². The standard InChI is InChI=1S/C24H23NO7S2.2Na.2H/c1-2-32-20-12-11-17(23(14-20)34(29,30)31)8-7-16-9-10-18(13-22(16)33(26,27)28)24-21-6-4-3-5-19(21)15-25-24;;;;/h3-14,24-25H,2,15H2,1H3,(H,26,27,28)(H,29,30,31);;;;/q;2*+1;2*-1. The molecule has 3 N–H and O–H groups in total. The summed E-state index contributed by atoms with van der Waals surface area (Å²) >= 11 is 0. The van der Waals surface area contributed by atoms with Gasteiger partial charge in [-0.3, -0.25) is 9.11 Å². The third kappa shape index (κ3) is 7.09. The molecule has 36 heavy (non-hydrogen) atoms. The molecule has 0 radical (unpaired) electrons. The zero-order chi connectivity index (χ0) is 24.5. The molecule has 3 aromatic rings. The predicted octanol–water partition coefficient (Wildman–Crippen LogP) is -1.83. The van der Waals surface area contributed by atoms with E-state index in [0.29, 0.717) is 18.7 Å². The molecule has 182 valence electrons. The van der Waals surface area contributed by atoms with Crippen LogP contribution in [-0.4, -0.2) is 32.5 Å². The van der Waals surface area contributed by atoms with Crippen LogP contribution in [-0.2, 0) is 26.8 Å². The van der Waals surface area contributed by atoms with Crippen LogP contribution in [0.2, 0.25) is 0 Å². The first kappa shape index (κ1) is 31.2. The zero-order valence-corrected chi connectivity index (χ0v) is 25.8. The molecule has 1 aliphatic heterocycles. The number of rotatable bonds is 7. The van der Waals surface area contributed by atoms with Crippen molar-refractivity contribution < 1.29 is 92.6 Å². The number of nitrogens with one attached hydrogen (secondary N) is 1. The second-order valence-electron chi connectivity index (χ2n) is 7.73. The van der Waals surface area contributed by atoms with Crippen molar-refractivity contribution in [1.29, 1.82) is 0 Å². The summed E-state index contributed by atoms with van der Waals surface area (Å²) in [6, 6.07) is 16.4. The Labute approximate surface area is 258 Å². The molecule has 0 aromatic heterocycles. The Balaban J connectivity index is 0.00000342. The number of ether oxygens (including phenoxy) is 1. The van der Waals surface area contributed by atoms with E-state index in [-0.39, 0.29) is 94.7 Å². The van der Waals surface area contributed by atoms with Crippen LogP contribution in [0.5, 0.6) is 5.75 Å². The molecule has 12 heteroatoms. The molecule has 0 saturated heterocycles. The molecule has 0 spiro atoms. The number of benzene rings is 3. The molecule has 0 saturated carbocycles. The molecule has 8 nitrogen and oxygen atoms in total. The van der Waals surface area contributed by atoms with Gasteiger partial charge in [-0.05, 0) is 52.9 Å². The van der Waals surface area contributed by atoms with Gasteiger partial charge < -0.3 is 12.9 Å². The summed E-state index contributed by atoms with van der Waals surface area (Å²) in [5.74, 6) is 0.264. The second-order valence-corrected chi connectivity index (χ2v) is 10.5. The van der Waals surface area contributed by atoms with Crippen LogP contribution in [0.4, 0.5) is 0 Å². The van der Waals surface area contributed by atoms with Crippen molar-refractivity contribution in [3.63, 3.8) is 0 Å². The maximum absolute atomic E-state index is 12.2. The van der Waals surface area contributed by atoms with Crippen molar-refractivity contribution in [3.8, 4) is 5.75 Å². The quantitative estimate of drug-likeness (QED) is 0.178. The van der Waals surface area contributed by atoms with E-state index in [1.165, 1.54) is 36.4 Å². The minimum absolute atomic E-state index is 0. The summed E-state index contributed by atoms with van der Waals surface area (Å²) in [5, 5.41) is 3.33. The van der Waals surface area contributed by atoms with Crippen LogP contribution in [0.1, 0.15) is 43.6 Å². The van der Waals surface area contributed by atoms with Gasteiger partial charge in [-0.25, -0.2) is 0 Å². The minimum atomic E-state index is -4.59. The molecule has 1 aliphatic rings. The van der Waals surface area contributed by atoms with Gasteiger partial charge in [-0.15, -0.1) is 0 Å². The first-order valence-corrected chi connectivity index (χ1v) is 13.3. The van der Waals surface area contributed by atoms with Gasteiger partial charge in [0.15, 0.2) is 0 Å². The second kappa shape index (κ2) is 12.7. The van der Waals surface area contributed by atoms with Gasteiger partial charge >= 0.3 is 59.1 Å². The van der Waals surface area contributed by atoms with Crippen LogP contribution in [0.15, 0.2) is 70.5 Å². The SMILES string of the molecule is CCOc1ccc(C=Cc2ccc(C3NCc4ccccc43)cc2S(=O)(=O)O)c(S(=O)(=O)O)c1.[H-].[H-].[Na+].[Na+]. The molecule has 1 atom stereocenters. The van der Waals surface area contributed by atoms with E-state index in [2.05, 4.69) is 5.32 Å². The summed E-state index contributed by atoms with van der Waals surface area (Å²) in [5.41, 5.74) is 3.09.